The second-order valence-corrected chi connectivity index (χ2v) is 7.39. The number of nitrogens with zero attached hydrogens (tertiary/aromatic N) is 2. The van der Waals surface area contributed by atoms with Crippen LogP contribution in [0.25, 0.3) is 0 Å². The largest absolute Gasteiger partial charge is 0.444 e. The minimum atomic E-state index is -0.757. The number of hydrogen-bond acceptors (Lipinski definition) is 4. The quantitative estimate of drug-likeness (QED) is 0.616. The van der Waals surface area contributed by atoms with Crippen molar-refractivity contribution < 1.29 is 14.3 Å². The predicted molar refractivity (Wildman–Crippen MR) is 98.2 cm³/mol. The van der Waals surface area contributed by atoms with E-state index in [1.165, 1.54) is 32.1 Å². The molecule has 1 rings (SSSR count). The molecule has 0 bridgehead atoms. The van der Waals surface area contributed by atoms with Gasteiger partial charge in [-0.2, -0.15) is 0 Å². The van der Waals surface area contributed by atoms with Crippen LogP contribution in [-0.2, 0) is 22.5 Å². The first-order chi connectivity index (χ1) is 11.8. The van der Waals surface area contributed by atoms with Crippen molar-refractivity contribution in [2.45, 2.75) is 90.8 Å². The summed E-state index contributed by atoms with van der Waals surface area (Å²) in [5.41, 5.74) is 0.159. The van der Waals surface area contributed by atoms with Crippen LogP contribution in [-0.4, -0.2) is 33.6 Å². The molecule has 1 atom stereocenters. The van der Waals surface area contributed by atoms with Crippen molar-refractivity contribution in [2.24, 2.45) is 0 Å². The maximum Gasteiger partial charge on any atom is 0.408 e. The lowest BCUT2D eigenvalue weighted by Gasteiger charge is -2.21. The normalized spacial score (nSPS) is 12.6. The molecular weight excluding hydrogens is 318 g/mol. The van der Waals surface area contributed by atoms with E-state index in [1.54, 1.807) is 27.1 Å². The van der Waals surface area contributed by atoms with Gasteiger partial charge in [0.25, 0.3) is 0 Å². The Bertz CT molecular complexity index is 520. The van der Waals surface area contributed by atoms with Gasteiger partial charge >= 0.3 is 6.09 Å². The monoisotopic (exact) mass is 350 g/mol. The number of ether oxygens (including phenoxy) is 1. The lowest BCUT2D eigenvalue weighted by atomic mass is 10.1. The van der Waals surface area contributed by atoms with Crippen LogP contribution >= 0.6 is 0 Å². The molecule has 0 aliphatic heterocycles. The van der Waals surface area contributed by atoms with E-state index in [9.17, 15) is 9.59 Å². The Balaban J connectivity index is 2.36. The lowest BCUT2D eigenvalue weighted by molar-refractivity contribution is 0.0517. The highest BCUT2D eigenvalue weighted by Crippen LogP contribution is 2.09. The fourth-order valence-corrected chi connectivity index (χ4v) is 2.49. The Hall–Kier alpha value is -1.85. The third-order valence-corrected chi connectivity index (χ3v) is 3.70. The molecule has 1 amide bonds. The topological polar surface area (TPSA) is 73.2 Å². The van der Waals surface area contributed by atoms with Crippen molar-refractivity contribution in [3.05, 3.63) is 18.2 Å². The minimum absolute atomic E-state index is 0.312. The van der Waals surface area contributed by atoms with Gasteiger partial charge in [0, 0.05) is 19.2 Å². The molecule has 1 N–H and O–H groups in total. The molecule has 0 saturated heterocycles. The van der Waals surface area contributed by atoms with Crippen LogP contribution in [0.1, 0.15) is 71.9 Å². The van der Waals surface area contributed by atoms with E-state index in [0.717, 1.165) is 18.7 Å². The van der Waals surface area contributed by atoms with Gasteiger partial charge in [0.05, 0.1) is 12.0 Å². The number of aryl methyl sites for hydroxylation is 1. The third-order valence-electron chi connectivity index (χ3n) is 3.70. The number of carbonyl (C=O) groups is 1. The molecule has 1 heterocycles. The minimum Gasteiger partial charge on any atom is -0.444 e. The molecule has 6 heteroatoms. The summed E-state index contributed by atoms with van der Waals surface area (Å²) >= 11 is 0. The fraction of sp³-hybridized carbons (Fsp3) is 0.737. The van der Waals surface area contributed by atoms with E-state index in [0.29, 0.717) is 6.42 Å². The van der Waals surface area contributed by atoms with E-state index in [2.05, 4.69) is 17.2 Å². The molecule has 0 aliphatic rings. The van der Waals surface area contributed by atoms with Crippen molar-refractivity contribution in [2.75, 3.05) is 0 Å². The average Bonchev–Trinajstić information content (AvgIpc) is 2.95. The van der Waals surface area contributed by atoms with Crippen molar-refractivity contribution >= 4 is 12.4 Å². The Kier molecular flexibility index (Phi) is 9.24. The summed E-state index contributed by atoms with van der Waals surface area (Å²) in [4.78, 5) is 27.1. The van der Waals surface area contributed by atoms with Gasteiger partial charge in [0.15, 0.2) is 0 Å². The first-order valence-electron chi connectivity index (χ1n) is 9.22. The van der Waals surface area contributed by atoms with Gasteiger partial charge in [-0.15, -0.1) is 0 Å². The van der Waals surface area contributed by atoms with E-state index < -0.39 is 17.7 Å². The molecule has 0 saturated carbocycles. The molecule has 0 fully saturated rings. The Morgan fingerprint density at radius 2 is 1.96 bits per heavy atom. The number of rotatable bonds is 11. The van der Waals surface area contributed by atoms with Gasteiger partial charge in [-0.3, -0.25) is 4.79 Å². The SMILES string of the molecule is CCCCCCCCn1cnc(CC([C]=O)NC(=O)OC(C)(C)C)c1. The number of aromatic nitrogens is 2. The van der Waals surface area contributed by atoms with Crippen molar-refractivity contribution in [3.63, 3.8) is 0 Å². The summed E-state index contributed by atoms with van der Waals surface area (Å²) in [6.07, 6.45) is 12.7. The zero-order valence-electron chi connectivity index (χ0n) is 16.0. The zero-order valence-corrected chi connectivity index (χ0v) is 16.0. The molecule has 0 aliphatic carbocycles. The van der Waals surface area contributed by atoms with Crippen molar-refractivity contribution in [1.82, 2.24) is 14.9 Å². The second kappa shape index (κ2) is 10.9. The van der Waals surface area contributed by atoms with Crippen LogP contribution in [0.5, 0.6) is 0 Å². The van der Waals surface area contributed by atoms with Crippen molar-refractivity contribution in [1.29, 1.82) is 0 Å². The maximum atomic E-state index is 11.7. The molecule has 0 aromatic carbocycles. The fourth-order valence-electron chi connectivity index (χ4n) is 2.49. The van der Waals surface area contributed by atoms with Gasteiger partial charge < -0.3 is 14.6 Å². The number of unbranched alkanes of at least 4 members (excludes halogenated alkanes) is 5. The van der Waals surface area contributed by atoms with E-state index in [1.807, 2.05) is 17.1 Å². The summed E-state index contributed by atoms with van der Waals surface area (Å²) in [5, 5.41) is 2.52. The number of amides is 1. The number of hydrogen-bond donors (Lipinski definition) is 1. The molecule has 1 aromatic rings. The first-order valence-corrected chi connectivity index (χ1v) is 9.22. The Morgan fingerprint density at radius 1 is 1.28 bits per heavy atom. The van der Waals surface area contributed by atoms with E-state index >= 15 is 0 Å². The standard InChI is InChI=1S/C19H32N3O3/c1-5-6-7-8-9-10-11-22-13-16(20-15-22)12-17(14-23)21-18(24)25-19(2,3)4/h13,15,17H,5-12H2,1-4H3,(H,21,24). The number of alkyl carbamates (subject to hydrolysis) is 1. The molecule has 141 valence electrons. The van der Waals surface area contributed by atoms with Gasteiger partial charge in [0.1, 0.15) is 11.6 Å². The Morgan fingerprint density at radius 3 is 2.60 bits per heavy atom. The molecule has 1 unspecified atom stereocenters. The molecule has 1 aromatic heterocycles. The van der Waals surface area contributed by atoms with Crippen LogP contribution in [0.4, 0.5) is 4.79 Å². The lowest BCUT2D eigenvalue weighted by Crippen LogP contribution is -2.41. The van der Waals surface area contributed by atoms with E-state index in [4.69, 9.17) is 4.74 Å². The molecule has 1 radical (unpaired) electrons. The summed E-state index contributed by atoms with van der Waals surface area (Å²) in [6, 6.07) is -0.757. The number of nitrogens with one attached hydrogen (secondary N) is 1. The molecular formula is C19H32N3O3. The van der Waals surface area contributed by atoms with Crippen molar-refractivity contribution in [3.8, 4) is 0 Å². The third kappa shape index (κ3) is 9.89. The number of carbonyl (C=O) groups excluding carboxylic acids is 2. The van der Waals surface area contributed by atoms with Crippen LogP contribution in [0.15, 0.2) is 12.5 Å². The van der Waals surface area contributed by atoms with Crippen LogP contribution in [0.2, 0.25) is 0 Å². The predicted octanol–water partition coefficient (Wildman–Crippen LogP) is 3.79. The van der Waals surface area contributed by atoms with Gasteiger partial charge in [0.2, 0.25) is 6.29 Å². The van der Waals surface area contributed by atoms with Gasteiger partial charge in [-0.05, 0) is 27.2 Å². The summed E-state index contributed by atoms with van der Waals surface area (Å²) in [5.74, 6) is 0. The second-order valence-electron chi connectivity index (χ2n) is 7.39. The smallest absolute Gasteiger partial charge is 0.408 e. The summed E-state index contributed by atoms with van der Waals surface area (Å²) < 4.78 is 7.18. The summed E-state index contributed by atoms with van der Waals surface area (Å²) in [7, 11) is 0. The molecule has 25 heavy (non-hydrogen) atoms. The zero-order chi connectivity index (χ0) is 18.7. The van der Waals surface area contributed by atoms with Gasteiger partial charge in [-0.25, -0.2) is 9.78 Å². The highest BCUT2D eigenvalue weighted by atomic mass is 16.6. The van der Waals surface area contributed by atoms with Crippen LogP contribution in [0, 0.1) is 0 Å². The summed E-state index contributed by atoms with van der Waals surface area (Å²) in [6.45, 7) is 8.46. The van der Waals surface area contributed by atoms with Crippen LogP contribution in [0.3, 0.4) is 0 Å². The maximum absolute atomic E-state index is 11.7. The number of imidazole rings is 1. The Labute approximate surface area is 151 Å². The molecule has 0 spiro atoms. The average molecular weight is 350 g/mol. The van der Waals surface area contributed by atoms with E-state index in [-0.39, 0.29) is 0 Å². The highest BCUT2D eigenvalue weighted by molar-refractivity contribution is 5.73. The highest BCUT2D eigenvalue weighted by Gasteiger charge is 2.20. The first kappa shape index (κ1) is 21.2. The van der Waals surface area contributed by atoms with Crippen LogP contribution < -0.4 is 5.32 Å². The molecule has 6 nitrogen and oxygen atoms in total. The van der Waals surface area contributed by atoms with Gasteiger partial charge in [-0.1, -0.05) is 39.0 Å².